The number of carboxylic acid groups (broad SMARTS) is 1. The highest BCUT2D eigenvalue weighted by atomic mass is 16.5. The summed E-state index contributed by atoms with van der Waals surface area (Å²) in [4.78, 5) is 27.4. The second-order valence-electron chi connectivity index (χ2n) is 8.84. The molecule has 1 N–H and O–H groups in total. The van der Waals surface area contributed by atoms with Crippen molar-refractivity contribution in [3.63, 3.8) is 0 Å². The molecule has 1 aromatic carbocycles. The number of fused-ring (bicyclic) bond motifs is 2. The Morgan fingerprint density at radius 2 is 1.96 bits per heavy atom. The van der Waals surface area contributed by atoms with Crippen LogP contribution in [-0.2, 0) is 9.53 Å². The summed E-state index contributed by atoms with van der Waals surface area (Å²) in [5.41, 5.74) is 2.31. The molecule has 0 radical (unpaired) electrons. The highest BCUT2D eigenvalue weighted by Gasteiger charge is 2.54. The number of benzene rings is 1. The largest absolute Gasteiger partial charge is 0.481 e. The monoisotopic (exact) mass is 381 g/mol. The molecule has 148 valence electrons. The van der Waals surface area contributed by atoms with Gasteiger partial charge in [0.05, 0.1) is 24.0 Å². The molecule has 5 atom stereocenters. The quantitative estimate of drug-likeness (QED) is 0.866. The molecule has 4 rings (SSSR count). The number of ether oxygens (including phenoxy) is 1. The second kappa shape index (κ2) is 6.68. The van der Waals surface area contributed by atoms with Crippen molar-refractivity contribution >= 4 is 11.8 Å². The second-order valence-corrected chi connectivity index (χ2v) is 8.84. The van der Waals surface area contributed by atoms with Crippen molar-refractivity contribution in [1.82, 2.24) is 4.90 Å². The zero-order valence-electron chi connectivity index (χ0n) is 16.8. The fourth-order valence-corrected chi connectivity index (χ4v) is 4.75. The Hall–Kier alpha value is -2.24. The summed E-state index contributed by atoms with van der Waals surface area (Å²) in [6.07, 6.45) is 5.68. The Morgan fingerprint density at radius 3 is 2.61 bits per heavy atom. The van der Waals surface area contributed by atoms with Crippen LogP contribution in [0.2, 0.25) is 0 Å². The van der Waals surface area contributed by atoms with Crippen LogP contribution in [0, 0.1) is 11.3 Å². The van der Waals surface area contributed by atoms with Crippen LogP contribution in [0.25, 0.3) is 0 Å². The first-order valence-electron chi connectivity index (χ1n) is 9.91. The van der Waals surface area contributed by atoms with Gasteiger partial charge in [0.1, 0.15) is 6.23 Å². The van der Waals surface area contributed by atoms with Gasteiger partial charge in [-0.15, -0.1) is 0 Å². The number of hydrogen-bond donors (Lipinski definition) is 1. The van der Waals surface area contributed by atoms with Gasteiger partial charge in [-0.25, -0.2) is 0 Å². The maximum atomic E-state index is 13.2. The Labute approximate surface area is 165 Å². The van der Waals surface area contributed by atoms with Crippen LogP contribution >= 0.6 is 0 Å². The Balaban J connectivity index is 1.72. The fourth-order valence-electron chi connectivity index (χ4n) is 4.75. The van der Waals surface area contributed by atoms with Crippen molar-refractivity contribution in [2.24, 2.45) is 11.3 Å². The van der Waals surface area contributed by atoms with E-state index >= 15 is 0 Å². The first-order valence-corrected chi connectivity index (χ1v) is 9.91. The van der Waals surface area contributed by atoms with E-state index in [-0.39, 0.29) is 23.3 Å². The first kappa shape index (κ1) is 19.1. The fraction of sp³-hybridized carbons (Fsp3) is 0.478. The minimum atomic E-state index is -0.973. The van der Waals surface area contributed by atoms with E-state index in [0.717, 1.165) is 0 Å². The number of allylic oxidation sites excluding steroid dienone is 2. The van der Waals surface area contributed by atoms with E-state index in [0.29, 0.717) is 17.7 Å². The average molecular weight is 381 g/mol. The molecular formula is C23H27NO4. The third-order valence-corrected chi connectivity index (χ3v) is 6.19. The molecule has 2 aliphatic carbocycles. The van der Waals surface area contributed by atoms with Gasteiger partial charge in [0.15, 0.2) is 5.78 Å². The van der Waals surface area contributed by atoms with Gasteiger partial charge < -0.3 is 9.84 Å². The van der Waals surface area contributed by atoms with E-state index in [1.54, 1.807) is 24.3 Å². The molecule has 1 fully saturated rings. The van der Waals surface area contributed by atoms with E-state index in [1.165, 1.54) is 5.57 Å². The van der Waals surface area contributed by atoms with Gasteiger partial charge in [0.2, 0.25) is 0 Å². The predicted molar refractivity (Wildman–Crippen MR) is 106 cm³/mol. The summed E-state index contributed by atoms with van der Waals surface area (Å²) in [6, 6.07) is 7.07. The lowest BCUT2D eigenvalue weighted by atomic mass is 9.82. The van der Waals surface area contributed by atoms with Crippen LogP contribution < -0.4 is 0 Å². The van der Waals surface area contributed by atoms with Crippen molar-refractivity contribution < 1.29 is 19.4 Å². The summed E-state index contributed by atoms with van der Waals surface area (Å²) in [5.74, 6) is -2.72. The normalized spacial score (nSPS) is 32.2. The molecular weight excluding hydrogens is 354 g/mol. The van der Waals surface area contributed by atoms with Crippen molar-refractivity contribution in [2.45, 2.75) is 52.0 Å². The summed E-state index contributed by atoms with van der Waals surface area (Å²) in [7, 11) is 0. The molecule has 5 unspecified atom stereocenters. The van der Waals surface area contributed by atoms with Crippen LogP contribution in [0.1, 0.15) is 49.5 Å². The molecule has 0 saturated carbocycles. The van der Waals surface area contributed by atoms with Crippen LogP contribution in [-0.4, -0.2) is 46.7 Å². The lowest BCUT2D eigenvalue weighted by Gasteiger charge is -2.31. The Kier molecular flexibility index (Phi) is 4.55. The smallest absolute Gasteiger partial charge is 0.311 e. The SMILES string of the molecule is CCN1C2C=CC(C(C)(C)C)=CC2OC1C1C(=O)c2ccccc2C1C(=O)O. The molecule has 0 aromatic heterocycles. The number of carbonyl (C=O) groups excluding carboxylic acids is 1. The van der Waals surface area contributed by atoms with Gasteiger partial charge >= 0.3 is 5.97 Å². The van der Waals surface area contributed by atoms with Gasteiger partial charge in [-0.3, -0.25) is 14.5 Å². The summed E-state index contributed by atoms with van der Waals surface area (Å²) >= 11 is 0. The molecule has 5 heteroatoms. The lowest BCUT2D eigenvalue weighted by molar-refractivity contribution is -0.142. The number of rotatable bonds is 3. The number of carboxylic acids is 1. The van der Waals surface area contributed by atoms with Crippen LogP contribution in [0.5, 0.6) is 0 Å². The van der Waals surface area contributed by atoms with Gasteiger partial charge in [0.25, 0.3) is 0 Å². The summed E-state index contributed by atoms with van der Waals surface area (Å²) in [5, 5.41) is 9.92. The Bertz CT molecular complexity index is 879. The molecule has 28 heavy (non-hydrogen) atoms. The van der Waals surface area contributed by atoms with Crippen LogP contribution in [0.4, 0.5) is 0 Å². The number of likely N-dealkylation sites (N-methyl/N-ethyl adjacent to an activating group) is 1. The minimum Gasteiger partial charge on any atom is -0.481 e. The topological polar surface area (TPSA) is 66.8 Å². The van der Waals surface area contributed by atoms with Gasteiger partial charge in [-0.1, -0.05) is 70.2 Å². The number of carbonyl (C=O) groups is 2. The van der Waals surface area contributed by atoms with E-state index in [4.69, 9.17) is 4.74 Å². The predicted octanol–water partition coefficient (Wildman–Crippen LogP) is 3.63. The summed E-state index contributed by atoms with van der Waals surface area (Å²) in [6.45, 7) is 9.18. The molecule has 5 nitrogen and oxygen atoms in total. The summed E-state index contributed by atoms with van der Waals surface area (Å²) < 4.78 is 6.37. The molecule has 0 amide bonds. The number of Topliss-reactive ketones (excluding diaryl/α,β-unsaturated/α-hetero) is 1. The number of ketones is 1. The number of aliphatic carboxylic acids is 1. The minimum absolute atomic E-state index is 0.00295. The highest BCUT2D eigenvalue weighted by molar-refractivity contribution is 6.07. The highest BCUT2D eigenvalue weighted by Crippen LogP contribution is 2.45. The van der Waals surface area contributed by atoms with Gasteiger partial charge in [-0.2, -0.15) is 0 Å². The number of hydrogen-bond acceptors (Lipinski definition) is 4. The molecule has 1 saturated heterocycles. The molecule has 0 bridgehead atoms. The third-order valence-electron chi connectivity index (χ3n) is 6.19. The van der Waals surface area contributed by atoms with Gasteiger partial charge in [0, 0.05) is 5.56 Å². The van der Waals surface area contributed by atoms with Crippen LogP contribution in [0.3, 0.4) is 0 Å². The zero-order chi connectivity index (χ0) is 20.2. The number of nitrogens with zero attached hydrogens (tertiary/aromatic N) is 1. The van der Waals surface area contributed by atoms with E-state index in [2.05, 4.69) is 43.9 Å². The molecule has 3 aliphatic rings. The zero-order valence-corrected chi connectivity index (χ0v) is 16.8. The molecule has 1 aromatic rings. The van der Waals surface area contributed by atoms with E-state index in [1.807, 2.05) is 6.92 Å². The maximum absolute atomic E-state index is 13.2. The first-order chi connectivity index (χ1) is 13.2. The average Bonchev–Trinajstić information content (AvgIpc) is 3.15. The third kappa shape index (κ3) is 2.85. The van der Waals surface area contributed by atoms with Crippen molar-refractivity contribution in [3.05, 3.63) is 59.2 Å². The molecule has 1 heterocycles. The molecule has 1 aliphatic heterocycles. The van der Waals surface area contributed by atoms with Crippen LogP contribution in [0.15, 0.2) is 48.1 Å². The van der Waals surface area contributed by atoms with Gasteiger partial charge in [-0.05, 0) is 23.1 Å². The lowest BCUT2D eigenvalue weighted by Crippen LogP contribution is -2.45. The van der Waals surface area contributed by atoms with Crippen molar-refractivity contribution in [1.29, 1.82) is 0 Å². The molecule has 0 spiro atoms. The van der Waals surface area contributed by atoms with E-state index in [9.17, 15) is 14.7 Å². The van der Waals surface area contributed by atoms with Crippen molar-refractivity contribution in [2.75, 3.05) is 6.54 Å². The Morgan fingerprint density at radius 1 is 1.25 bits per heavy atom. The van der Waals surface area contributed by atoms with Crippen molar-refractivity contribution in [3.8, 4) is 0 Å². The maximum Gasteiger partial charge on any atom is 0.311 e. The van der Waals surface area contributed by atoms with E-state index < -0.39 is 24.0 Å². The standard InChI is InChI=1S/C23H27NO4/c1-5-24-16-11-10-13(23(2,3)4)12-17(16)28-21(24)19-18(22(26)27)14-8-6-7-9-15(14)20(19)25/h6-12,16-19,21H,5H2,1-4H3,(H,26,27).